The zero-order chi connectivity index (χ0) is 19.9. The molecule has 1 N–H and O–H groups in total. The van der Waals surface area contributed by atoms with Gasteiger partial charge in [-0.05, 0) is 36.4 Å². The lowest BCUT2D eigenvalue weighted by atomic mass is 10.1. The molecule has 0 aliphatic carbocycles. The number of anilines is 2. The number of hydrogen-bond donors (Lipinski definition) is 1. The minimum Gasteiger partial charge on any atom is -0.495 e. The van der Waals surface area contributed by atoms with E-state index in [4.69, 9.17) is 10.00 Å². The maximum absolute atomic E-state index is 12.8. The molecule has 2 aromatic rings. The van der Waals surface area contributed by atoms with Crippen LogP contribution in [0.3, 0.4) is 0 Å². The Morgan fingerprint density at radius 2 is 1.75 bits per heavy atom. The fourth-order valence-corrected chi connectivity index (χ4v) is 3.20. The number of ether oxygens (including phenoxy) is 1. The van der Waals surface area contributed by atoms with Crippen LogP contribution in [0.4, 0.5) is 11.4 Å². The van der Waals surface area contributed by atoms with Crippen molar-refractivity contribution in [3.63, 3.8) is 0 Å². The van der Waals surface area contributed by atoms with E-state index in [1.807, 2.05) is 29.2 Å². The second kappa shape index (κ2) is 8.91. The van der Waals surface area contributed by atoms with Gasteiger partial charge in [-0.3, -0.25) is 9.59 Å². The molecule has 28 heavy (non-hydrogen) atoms. The Labute approximate surface area is 164 Å². The number of carbonyl (C=O) groups is 2. The molecule has 0 aromatic heterocycles. The molecule has 2 amide bonds. The average molecular weight is 378 g/mol. The summed E-state index contributed by atoms with van der Waals surface area (Å²) in [6.07, 6.45) is -0.197. The molecule has 144 valence electrons. The van der Waals surface area contributed by atoms with Crippen molar-refractivity contribution >= 4 is 23.2 Å². The third-order valence-electron chi connectivity index (χ3n) is 4.65. The molecular formula is C21H22N4O3. The molecule has 0 radical (unpaired) electrons. The molecule has 7 heteroatoms. The highest BCUT2D eigenvalue weighted by Crippen LogP contribution is 2.28. The first-order valence-electron chi connectivity index (χ1n) is 9.06. The molecule has 1 fully saturated rings. The van der Waals surface area contributed by atoms with E-state index in [1.54, 1.807) is 37.4 Å². The number of nitriles is 1. The highest BCUT2D eigenvalue weighted by atomic mass is 16.5. The molecule has 0 spiro atoms. The predicted molar refractivity (Wildman–Crippen MR) is 106 cm³/mol. The summed E-state index contributed by atoms with van der Waals surface area (Å²) in [4.78, 5) is 28.3. The molecule has 3 rings (SSSR count). The molecule has 2 aromatic carbocycles. The first-order chi connectivity index (χ1) is 13.6. The third-order valence-corrected chi connectivity index (χ3v) is 4.65. The van der Waals surface area contributed by atoms with Crippen LogP contribution in [0.1, 0.15) is 16.8 Å². The van der Waals surface area contributed by atoms with E-state index in [-0.39, 0.29) is 18.2 Å². The van der Waals surface area contributed by atoms with Gasteiger partial charge in [0, 0.05) is 37.4 Å². The van der Waals surface area contributed by atoms with Gasteiger partial charge >= 0.3 is 0 Å². The van der Waals surface area contributed by atoms with Gasteiger partial charge in [0.1, 0.15) is 12.2 Å². The monoisotopic (exact) mass is 378 g/mol. The van der Waals surface area contributed by atoms with Gasteiger partial charge in [-0.1, -0.05) is 12.1 Å². The fraction of sp³-hybridized carbons (Fsp3) is 0.286. The molecule has 1 saturated heterocycles. The predicted octanol–water partition coefficient (Wildman–Crippen LogP) is 2.51. The topological polar surface area (TPSA) is 85.7 Å². The van der Waals surface area contributed by atoms with Crippen LogP contribution in [0, 0.1) is 11.3 Å². The summed E-state index contributed by atoms with van der Waals surface area (Å²) in [5, 5.41) is 11.1. The van der Waals surface area contributed by atoms with Crippen LogP contribution >= 0.6 is 0 Å². The van der Waals surface area contributed by atoms with Crippen molar-refractivity contribution in [1.82, 2.24) is 4.90 Å². The largest absolute Gasteiger partial charge is 0.495 e. The highest BCUT2D eigenvalue weighted by molar-refractivity contribution is 5.96. The van der Waals surface area contributed by atoms with E-state index in [1.165, 1.54) is 0 Å². The number of methoxy groups -OCH3 is 1. The summed E-state index contributed by atoms with van der Waals surface area (Å²) >= 11 is 0. The molecule has 0 unspecified atom stereocenters. The van der Waals surface area contributed by atoms with E-state index >= 15 is 0 Å². The van der Waals surface area contributed by atoms with Gasteiger partial charge in [-0.15, -0.1) is 0 Å². The summed E-state index contributed by atoms with van der Waals surface area (Å²) in [5.74, 6) is 0.430. The second-order valence-electron chi connectivity index (χ2n) is 6.41. The molecule has 1 aliphatic rings. The maximum atomic E-state index is 12.8. The van der Waals surface area contributed by atoms with Crippen molar-refractivity contribution < 1.29 is 14.3 Å². The van der Waals surface area contributed by atoms with E-state index in [0.717, 1.165) is 24.5 Å². The Morgan fingerprint density at radius 1 is 1.07 bits per heavy atom. The van der Waals surface area contributed by atoms with Crippen LogP contribution in [0.2, 0.25) is 0 Å². The van der Waals surface area contributed by atoms with Crippen molar-refractivity contribution in [3.8, 4) is 11.8 Å². The molecule has 0 bridgehead atoms. The Bertz CT molecular complexity index is 881. The second-order valence-corrected chi connectivity index (χ2v) is 6.41. The Balaban J connectivity index is 1.59. The highest BCUT2D eigenvalue weighted by Gasteiger charge is 2.23. The minimum absolute atomic E-state index is 0.0328. The first kappa shape index (κ1) is 19.2. The fourth-order valence-electron chi connectivity index (χ4n) is 3.20. The number of nitrogens with zero attached hydrogens (tertiary/aromatic N) is 3. The number of carbonyl (C=O) groups excluding carboxylic acids is 2. The van der Waals surface area contributed by atoms with Crippen LogP contribution < -0.4 is 15.0 Å². The number of hydrogen-bond acceptors (Lipinski definition) is 5. The Kier molecular flexibility index (Phi) is 6.12. The van der Waals surface area contributed by atoms with E-state index in [0.29, 0.717) is 24.3 Å². The van der Waals surface area contributed by atoms with Gasteiger partial charge in [0.05, 0.1) is 18.9 Å². The number of nitrogens with one attached hydrogen (secondary N) is 1. The molecule has 1 aliphatic heterocycles. The smallest absolute Gasteiger partial charge is 0.253 e. The van der Waals surface area contributed by atoms with Gasteiger partial charge in [-0.25, -0.2) is 0 Å². The number of para-hydroxylation sites is 2. The molecule has 0 saturated carbocycles. The molecule has 7 nitrogen and oxygen atoms in total. The van der Waals surface area contributed by atoms with Crippen molar-refractivity contribution in [2.45, 2.75) is 6.42 Å². The number of piperazine rings is 1. The van der Waals surface area contributed by atoms with Crippen LogP contribution in [-0.4, -0.2) is 50.0 Å². The van der Waals surface area contributed by atoms with Crippen LogP contribution in [0.25, 0.3) is 0 Å². The van der Waals surface area contributed by atoms with Crippen molar-refractivity contribution in [2.75, 3.05) is 43.5 Å². The molecule has 1 heterocycles. The normalized spacial score (nSPS) is 13.6. The summed E-state index contributed by atoms with van der Waals surface area (Å²) in [5.41, 5.74) is 2.18. The third kappa shape index (κ3) is 4.41. The lowest BCUT2D eigenvalue weighted by Gasteiger charge is -2.36. The van der Waals surface area contributed by atoms with E-state index in [2.05, 4.69) is 10.2 Å². The Hall–Kier alpha value is -3.53. The Morgan fingerprint density at radius 3 is 2.39 bits per heavy atom. The van der Waals surface area contributed by atoms with Gasteiger partial charge < -0.3 is 19.9 Å². The van der Waals surface area contributed by atoms with Crippen molar-refractivity contribution in [2.24, 2.45) is 0 Å². The van der Waals surface area contributed by atoms with Crippen molar-refractivity contribution in [3.05, 3.63) is 54.1 Å². The summed E-state index contributed by atoms with van der Waals surface area (Å²) in [7, 11) is 1.66. The van der Waals surface area contributed by atoms with Gasteiger partial charge in [0.25, 0.3) is 5.91 Å². The molecule has 0 atom stereocenters. The zero-order valence-electron chi connectivity index (χ0n) is 15.7. The maximum Gasteiger partial charge on any atom is 0.253 e. The molecular weight excluding hydrogens is 356 g/mol. The summed E-state index contributed by atoms with van der Waals surface area (Å²) in [6.45, 7) is 2.71. The first-order valence-corrected chi connectivity index (χ1v) is 9.06. The van der Waals surface area contributed by atoms with Crippen molar-refractivity contribution in [1.29, 1.82) is 5.26 Å². The lowest BCUT2D eigenvalue weighted by Crippen LogP contribution is -2.48. The van der Waals surface area contributed by atoms with E-state index < -0.39 is 0 Å². The van der Waals surface area contributed by atoms with Gasteiger partial charge in [0.2, 0.25) is 5.91 Å². The van der Waals surface area contributed by atoms with Crippen LogP contribution in [0.5, 0.6) is 5.75 Å². The number of benzene rings is 2. The summed E-state index contributed by atoms with van der Waals surface area (Å²) in [6, 6.07) is 16.4. The number of rotatable bonds is 5. The van der Waals surface area contributed by atoms with Gasteiger partial charge in [-0.2, -0.15) is 5.26 Å². The quantitative estimate of drug-likeness (QED) is 0.864. The summed E-state index contributed by atoms with van der Waals surface area (Å²) < 4.78 is 5.43. The van der Waals surface area contributed by atoms with Crippen LogP contribution in [0.15, 0.2) is 48.5 Å². The standard InChI is InChI=1S/C21H22N4O3/c1-28-19-5-3-2-4-18(19)24-12-14-25(15-13-24)21(27)16-6-8-17(9-7-16)23-20(26)10-11-22/h2-9H,10,12-15H2,1H3,(H,23,26). The SMILES string of the molecule is COc1ccccc1N1CCN(C(=O)c2ccc(NC(=O)CC#N)cc2)CC1. The number of amides is 2. The van der Waals surface area contributed by atoms with E-state index in [9.17, 15) is 9.59 Å². The average Bonchev–Trinajstić information content (AvgIpc) is 2.74. The minimum atomic E-state index is -0.367. The zero-order valence-corrected chi connectivity index (χ0v) is 15.7. The lowest BCUT2D eigenvalue weighted by molar-refractivity contribution is -0.115. The van der Waals surface area contributed by atoms with Crippen LogP contribution in [-0.2, 0) is 4.79 Å². The van der Waals surface area contributed by atoms with Gasteiger partial charge in [0.15, 0.2) is 0 Å².